The van der Waals surface area contributed by atoms with Gasteiger partial charge in [0.15, 0.2) is 0 Å². The monoisotopic (exact) mass is 355 g/mol. The average Bonchev–Trinajstić information content (AvgIpc) is 3.06. The first kappa shape index (κ1) is 17.2. The van der Waals surface area contributed by atoms with E-state index in [9.17, 15) is 4.79 Å². The van der Waals surface area contributed by atoms with Gasteiger partial charge in [0.05, 0.1) is 24.9 Å². The second-order valence-electron chi connectivity index (χ2n) is 5.54. The second-order valence-corrected chi connectivity index (χ2v) is 5.98. The third-order valence-corrected chi connectivity index (χ3v) is 4.15. The number of nitrogens with zero attached hydrogens (tertiary/aromatic N) is 3. The Labute approximate surface area is 151 Å². The number of para-hydroxylation sites is 1. The lowest BCUT2D eigenvalue weighted by atomic mass is 10.1. The number of hydrogen-bond donors (Lipinski definition) is 0. The van der Waals surface area contributed by atoms with Crippen molar-refractivity contribution in [1.82, 2.24) is 14.8 Å². The average molecular weight is 356 g/mol. The molecule has 2 aromatic carbocycles. The van der Waals surface area contributed by atoms with Crippen LogP contribution < -0.4 is 0 Å². The van der Waals surface area contributed by atoms with E-state index in [4.69, 9.17) is 16.4 Å². The Kier molecular flexibility index (Phi) is 5.16. The third-order valence-electron chi connectivity index (χ3n) is 3.90. The van der Waals surface area contributed by atoms with Gasteiger partial charge in [0, 0.05) is 29.4 Å². The molecule has 0 N–H and O–H groups in total. The van der Waals surface area contributed by atoms with Crippen LogP contribution in [0, 0.1) is 0 Å². The molecular formula is C19H18ClN3O2. The molecule has 0 spiro atoms. The molecule has 1 amide bonds. The number of amides is 1. The molecule has 0 unspecified atom stereocenters. The molecule has 0 saturated carbocycles. The summed E-state index contributed by atoms with van der Waals surface area (Å²) in [6.07, 6.45) is 2.07. The fraction of sp³-hybridized carbons (Fsp3) is 0.158. The van der Waals surface area contributed by atoms with E-state index in [2.05, 4.69) is 5.10 Å². The van der Waals surface area contributed by atoms with Crippen molar-refractivity contribution >= 4 is 17.5 Å². The topological polar surface area (TPSA) is 47.4 Å². The van der Waals surface area contributed by atoms with Crippen molar-refractivity contribution in [2.75, 3.05) is 14.2 Å². The van der Waals surface area contributed by atoms with E-state index < -0.39 is 0 Å². The number of likely N-dealkylation sites (N-methyl/N-ethyl adjacent to an activating group) is 1. The minimum absolute atomic E-state index is 0.148. The van der Waals surface area contributed by atoms with Gasteiger partial charge in [-0.15, -0.1) is 0 Å². The molecule has 1 aromatic heterocycles. The van der Waals surface area contributed by atoms with Crippen molar-refractivity contribution in [3.63, 3.8) is 0 Å². The number of halogens is 1. The van der Waals surface area contributed by atoms with Crippen LogP contribution in [0.3, 0.4) is 0 Å². The zero-order chi connectivity index (χ0) is 17.8. The molecule has 3 aromatic rings. The normalized spacial score (nSPS) is 10.7. The lowest BCUT2D eigenvalue weighted by Crippen LogP contribution is -2.27. The zero-order valence-corrected chi connectivity index (χ0v) is 14.8. The lowest BCUT2D eigenvalue weighted by molar-refractivity contribution is -0.167. The molecule has 0 bridgehead atoms. The summed E-state index contributed by atoms with van der Waals surface area (Å²) in [6.45, 7) is 0. The predicted octanol–water partition coefficient (Wildman–Crippen LogP) is 3.76. The van der Waals surface area contributed by atoms with Crippen LogP contribution in [0.2, 0.25) is 5.02 Å². The quantitative estimate of drug-likeness (QED) is 0.655. The minimum atomic E-state index is -0.148. The van der Waals surface area contributed by atoms with E-state index >= 15 is 0 Å². The largest absolute Gasteiger partial charge is 0.275 e. The summed E-state index contributed by atoms with van der Waals surface area (Å²) in [5.41, 5.74) is 3.40. The number of rotatable bonds is 5. The molecule has 0 saturated heterocycles. The highest BCUT2D eigenvalue weighted by Crippen LogP contribution is 2.26. The van der Waals surface area contributed by atoms with E-state index in [1.54, 1.807) is 11.7 Å². The summed E-state index contributed by atoms with van der Waals surface area (Å²) in [7, 11) is 3.05. The standard InChI is InChI=1S/C19H18ClN3O2/c1-22(25-2)18(24)12-15-13-23(17-6-4-3-5-7-17)21-19(15)14-8-10-16(20)11-9-14/h3-11,13H,12H2,1-2H3. The molecule has 0 radical (unpaired) electrons. The van der Waals surface area contributed by atoms with Crippen molar-refractivity contribution in [3.8, 4) is 16.9 Å². The Bertz CT molecular complexity index is 860. The van der Waals surface area contributed by atoms with Gasteiger partial charge in [0.1, 0.15) is 0 Å². The van der Waals surface area contributed by atoms with Crippen molar-refractivity contribution in [3.05, 3.63) is 71.4 Å². The molecule has 1 heterocycles. The summed E-state index contributed by atoms with van der Waals surface area (Å²) in [5.74, 6) is -0.148. The molecule has 0 fully saturated rings. The number of hydroxylamine groups is 2. The Balaban J connectivity index is 2.03. The fourth-order valence-corrected chi connectivity index (χ4v) is 2.60. The van der Waals surface area contributed by atoms with E-state index in [1.165, 1.54) is 12.2 Å². The molecule has 0 aliphatic rings. The summed E-state index contributed by atoms with van der Waals surface area (Å²) in [4.78, 5) is 17.2. The lowest BCUT2D eigenvalue weighted by Gasteiger charge is -2.13. The first-order chi connectivity index (χ1) is 12.1. The van der Waals surface area contributed by atoms with Crippen LogP contribution in [0.5, 0.6) is 0 Å². The smallest absolute Gasteiger partial charge is 0.250 e. The van der Waals surface area contributed by atoms with Gasteiger partial charge >= 0.3 is 0 Å². The maximum Gasteiger partial charge on any atom is 0.250 e. The van der Waals surface area contributed by atoms with Crippen LogP contribution in [-0.4, -0.2) is 34.9 Å². The van der Waals surface area contributed by atoms with E-state index in [0.29, 0.717) is 5.02 Å². The van der Waals surface area contributed by atoms with Gasteiger partial charge in [-0.05, 0) is 24.3 Å². The van der Waals surface area contributed by atoms with Gasteiger partial charge in [-0.1, -0.05) is 41.9 Å². The van der Waals surface area contributed by atoms with E-state index in [-0.39, 0.29) is 12.3 Å². The first-order valence-corrected chi connectivity index (χ1v) is 8.17. The molecule has 0 aliphatic heterocycles. The maximum atomic E-state index is 12.3. The zero-order valence-electron chi connectivity index (χ0n) is 14.0. The molecule has 0 atom stereocenters. The summed E-state index contributed by atoms with van der Waals surface area (Å²) in [6, 6.07) is 17.2. The molecule has 128 valence electrons. The van der Waals surface area contributed by atoms with Gasteiger partial charge in [-0.2, -0.15) is 5.10 Å². The predicted molar refractivity (Wildman–Crippen MR) is 97.5 cm³/mol. The van der Waals surface area contributed by atoms with Crippen molar-refractivity contribution < 1.29 is 9.63 Å². The Hall–Kier alpha value is -2.63. The SMILES string of the molecule is CON(C)C(=O)Cc1cn(-c2ccccc2)nc1-c1ccc(Cl)cc1. The number of carbonyl (C=O) groups is 1. The molecule has 5 nitrogen and oxygen atoms in total. The van der Waals surface area contributed by atoms with Crippen molar-refractivity contribution in [1.29, 1.82) is 0 Å². The van der Waals surface area contributed by atoms with Gasteiger partial charge in [0.25, 0.3) is 0 Å². The molecule has 6 heteroatoms. The van der Waals surface area contributed by atoms with Gasteiger partial charge in [-0.3, -0.25) is 9.63 Å². The summed E-state index contributed by atoms with van der Waals surface area (Å²) >= 11 is 5.98. The Morgan fingerprint density at radius 2 is 1.84 bits per heavy atom. The minimum Gasteiger partial charge on any atom is -0.275 e. The second kappa shape index (κ2) is 7.51. The van der Waals surface area contributed by atoms with Crippen molar-refractivity contribution in [2.45, 2.75) is 6.42 Å². The molecular weight excluding hydrogens is 338 g/mol. The highest BCUT2D eigenvalue weighted by molar-refractivity contribution is 6.30. The van der Waals surface area contributed by atoms with Crippen LogP contribution >= 0.6 is 11.6 Å². The summed E-state index contributed by atoms with van der Waals surface area (Å²) < 4.78 is 1.78. The highest BCUT2D eigenvalue weighted by Gasteiger charge is 2.17. The number of aromatic nitrogens is 2. The number of benzene rings is 2. The van der Waals surface area contributed by atoms with E-state index in [1.807, 2.05) is 60.8 Å². The highest BCUT2D eigenvalue weighted by atomic mass is 35.5. The Morgan fingerprint density at radius 3 is 2.48 bits per heavy atom. The van der Waals surface area contributed by atoms with Crippen LogP contribution in [0.15, 0.2) is 60.8 Å². The van der Waals surface area contributed by atoms with E-state index in [0.717, 1.165) is 22.5 Å². The third kappa shape index (κ3) is 3.90. The first-order valence-electron chi connectivity index (χ1n) is 7.79. The van der Waals surface area contributed by atoms with Gasteiger partial charge in [0.2, 0.25) is 5.91 Å². The number of hydrogen-bond acceptors (Lipinski definition) is 3. The van der Waals surface area contributed by atoms with Crippen molar-refractivity contribution in [2.24, 2.45) is 0 Å². The van der Waals surface area contributed by atoms with Crippen LogP contribution in [0.1, 0.15) is 5.56 Å². The molecule has 25 heavy (non-hydrogen) atoms. The fourth-order valence-electron chi connectivity index (χ4n) is 2.48. The van der Waals surface area contributed by atoms with Crippen LogP contribution in [0.25, 0.3) is 16.9 Å². The Morgan fingerprint density at radius 1 is 1.16 bits per heavy atom. The van der Waals surface area contributed by atoms with Gasteiger partial charge < -0.3 is 0 Å². The molecule has 0 aliphatic carbocycles. The summed E-state index contributed by atoms with van der Waals surface area (Å²) in [5, 5.41) is 6.55. The maximum absolute atomic E-state index is 12.3. The number of carbonyl (C=O) groups excluding carboxylic acids is 1. The van der Waals surface area contributed by atoms with Gasteiger partial charge in [-0.25, -0.2) is 9.75 Å². The molecule has 3 rings (SSSR count). The van der Waals surface area contributed by atoms with Crippen LogP contribution in [0.4, 0.5) is 0 Å². The van der Waals surface area contributed by atoms with Crippen LogP contribution in [-0.2, 0) is 16.1 Å².